The Balaban J connectivity index is 1.36. The first kappa shape index (κ1) is 29.6. The van der Waals surface area contributed by atoms with E-state index < -0.39 is 0 Å². The predicted octanol–water partition coefficient (Wildman–Crippen LogP) is 7.90. The van der Waals surface area contributed by atoms with Crippen LogP contribution in [-0.2, 0) is 4.79 Å². The van der Waals surface area contributed by atoms with Crippen LogP contribution in [0.1, 0.15) is 5.56 Å². The SMILES string of the molecule is COc1cc(C=Nn2c(-c3cc4cc(Br)ccc4o3)nc3ccccc3c2=O)c(Br)c(Cl)c1OCC(=O)Nc1ccccc1. The molecule has 0 bridgehead atoms. The summed E-state index contributed by atoms with van der Waals surface area (Å²) >= 11 is 13.6. The van der Waals surface area contributed by atoms with Crippen molar-refractivity contribution in [3.63, 3.8) is 0 Å². The van der Waals surface area contributed by atoms with E-state index in [1.165, 1.54) is 18.0 Å². The fraction of sp³-hybridized carbons (Fsp3) is 0.0625. The van der Waals surface area contributed by atoms with Crippen LogP contribution >= 0.6 is 43.5 Å². The maximum Gasteiger partial charge on any atom is 0.282 e. The quantitative estimate of drug-likeness (QED) is 0.159. The van der Waals surface area contributed by atoms with Crippen molar-refractivity contribution in [2.24, 2.45) is 5.10 Å². The van der Waals surface area contributed by atoms with Crippen LogP contribution in [0.3, 0.4) is 0 Å². The number of benzene rings is 4. The van der Waals surface area contributed by atoms with Gasteiger partial charge in [-0.3, -0.25) is 9.59 Å². The second-order valence-electron chi connectivity index (χ2n) is 9.43. The Bertz CT molecular complexity index is 2130. The first-order valence-electron chi connectivity index (χ1n) is 13.1. The number of halogens is 3. The molecule has 0 spiro atoms. The Hall–Kier alpha value is -4.45. The molecule has 1 N–H and O–H groups in total. The van der Waals surface area contributed by atoms with Crippen LogP contribution in [0.2, 0.25) is 5.02 Å². The van der Waals surface area contributed by atoms with E-state index in [2.05, 4.69) is 42.3 Å². The first-order chi connectivity index (χ1) is 21.3. The van der Waals surface area contributed by atoms with Gasteiger partial charge >= 0.3 is 0 Å². The van der Waals surface area contributed by atoms with E-state index in [1.54, 1.807) is 42.5 Å². The first-order valence-corrected chi connectivity index (χ1v) is 15.1. The average Bonchev–Trinajstić information content (AvgIpc) is 3.45. The van der Waals surface area contributed by atoms with E-state index in [-0.39, 0.29) is 40.4 Å². The van der Waals surface area contributed by atoms with Gasteiger partial charge in [0, 0.05) is 25.6 Å². The maximum atomic E-state index is 13.7. The summed E-state index contributed by atoms with van der Waals surface area (Å²) in [6, 6.07) is 25.1. The number of furan rings is 1. The van der Waals surface area contributed by atoms with Crippen LogP contribution in [0.4, 0.5) is 5.69 Å². The van der Waals surface area contributed by atoms with Gasteiger partial charge in [-0.05, 0) is 70.5 Å². The largest absolute Gasteiger partial charge is 0.493 e. The Kier molecular flexibility index (Phi) is 8.51. The summed E-state index contributed by atoms with van der Waals surface area (Å²) < 4.78 is 19.8. The van der Waals surface area contributed by atoms with Crippen molar-refractivity contribution in [1.29, 1.82) is 0 Å². The van der Waals surface area contributed by atoms with Crippen molar-refractivity contribution >= 4 is 83.1 Å². The van der Waals surface area contributed by atoms with E-state index in [1.807, 2.05) is 42.5 Å². The lowest BCUT2D eigenvalue weighted by Crippen LogP contribution is -2.20. The molecule has 6 aromatic rings. The molecule has 2 heterocycles. The summed E-state index contributed by atoms with van der Waals surface area (Å²) in [6.45, 7) is -0.305. The van der Waals surface area contributed by atoms with Gasteiger partial charge in [-0.1, -0.05) is 57.9 Å². The third kappa shape index (κ3) is 5.99. The number of aromatic nitrogens is 2. The standard InChI is InChI=1S/C32H21Br2ClN4O5/c1-42-25-15-19(28(34)29(35)30(25)43-17-27(40)37-21-7-3-2-4-8-21)16-36-39-31(38-23-10-6-5-9-22(23)32(39)41)26-14-18-13-20(33)11-12-24(18)44-26/h2-16H,17H2,1H3,(H,37,40). The maximum absolute atomic E-state index is 13.7. The van der Waals surface area contributed by atoms with Crippen LogP contribution in [0, 0.1) is 0 Å². The zero-order valence-electron chi connectivity index (χ0n) is 22.9. The van der Waals surface area contributed by atoms with Gasteiger partial charge in [-0.25, -0.2) is 4.98 Å². The van der Waals surface area contributed by atoms with Gasteiger partial charge in [0.1, 0.15) is 10.6 Å². The van der Waals surface area contributed by atoms with Crippen LogP contribution in [0.5, 0.6) is 11.5 Å². The summed E-state index contributed by atoms with van der Waals surface area (Å²) in [5.74, 6) is 0.644. The predicted molar refractivity (Wildman–Crippen MR) is 178 cm³/mol. The number of anilines is 1. The minimum Gasteiger partial charge on any atom is -0.493 e. The van der Waals surface area contributed by atoms with Gasteiger partial charge in [0.2, 0.25) is 5.82 Å². The monoisotopic (exact) mass is 734 g/mol. The molecule has 0 atom stereocenters. The van der Waals surface area contributed by atoms with Gasteiger partial charge in [-0.15, -0.1) is 0 Å². The number of hydrogen-bond acceptors (Lipinski definition) is 7. The second-order valence-corrected chi connectivity index (χ2v) is 11.5. The number of carbonyl (C=O) groups excluding carboxylic acids is 1. The van der Waals surface area contributed by atoms with E-state index in [4.69, 9.17) is 30.5 Å². The normalized spacial score (nSPS) is 11.4. The average molecular weight is 737 g/mol. The molecule has 0 aliphatic rings. The van der Waals surface area contributed by atoms with Gasteiger partial charge in [0.25, 0.3) is 11.5 Å². The summed E-state index contributed by atoms with van der Waals surface area (Å²) in [5.41, 5.74) is 1.87. The number of amides is 1. The molecular weight excluding hydrogens is 716 g/mol. The van der Waals surface area contributed by atoms with Gasteiger partial charge in [-0.2, -0.15) is 9.78 Å². The molecule has 0 aliphatic heterocycles. The summed E-state index contributed by atoms with van der Waals surface area (Å²) in [4.78, 5) is 30.8. The van der Waals surface area contributed by atoms with Crippen molar-refractivity contribution in [3.05, 3.63) is 115 Å². The number of hydrogen-bond donors (Lipinski definition) is 1. The molecule has 2 aromatic heterocycles. The van der Waals surface area contributed by atoms with Crippen molar-refractivity contribution in [3.8, 4) is 23.1 Å². The van der Waals surface area contributed by atoms with Crippen LogP contribution in [0.15, 0.2) is 108 Å². The summed E-state index contributed by atoms with van der Waals surface area (Å²) in [6.07, 6.45) is 1.45. The lowest BCUT2D eigenvalue weighted by Gasteiger charge is -2.15. The highest BCUT2D eigenvalue weighted by molar-refractivity contribution is 9.10. The smallest absolute Gasteiger partial charge is 0.282 e. The number of fused-ring (bicyclic) bond motifs is 2. The number of nitrogens with zero attached hydrogens (tertiary/aromatic N) is 3. The number of rotatable bonds is 8. The number of nitrogens with one attached hydrogen (secondary N) is 1. The lowest BCUT2D eigenvalue weighted by molar-refractivity contribution is -0.118. The lowest BCUT2D eigenvalue weighted by atomic mass is 10.2. The minimum atomic E-state index is -0.387. The second kappa shape index (κ2) is 12.7. The van der Waals surface area contributed by atoms with Gasteiger partial charge in [0.05, 0.1) is 24.2 Å². The highest BCUT2D eigenvalue weighted by Gasteiger charge is 2.20. The molecule has 0 aliphatic carbocycles. The van der Waals surface area contributed by atoms with Gasteiger partial charge < -0.3 is 19.2 Å². The molecule has 1 amide bonds. The highest BCUT2D eigenvalue weighted by Crippen LogP contribution is 2.42. The van der Waals surface area contributed by atoms with E-state index in [0.717, 1.165) is 9.86 Å². The molecule has 0 saturated carbocycles. The van der Waals surface area contributed by atoms with E-state index >= 15 is 0 Å². The van der Waals surface area contributed by atoms with Gasteiger partial charge in [0.15, 0.2) is 23.9 Å². The molecule has 0 unspecified atom stereocenters. The minimum absolute atomic E-state index is 0.158. The summed E-state index contributed by atoms with van der Waals surface area (Å²) in [5, 5.41) is 8.65. The Morgan fingerprint density at radius 1 is 1.07 bits per heavy atom. The molecule has 0 saturated heterocycles. The Morgan fingerprint density at radius 3 is 2.64 bits per heavy atom. The number of carbonyl (C=O) groups is 1. The topological polar surface area (TPSA) is 108 Å². The van der Waals surface area contributed by atoms with Crippen LogP contribution in [0.25, 0.3) is 33.5 Å². The molecule has 44 heavy (non-hydrogen) atoms. The molecule has 12 heteroatoms. The van der Waals surface area contributed by atoms with Crippen molar-refractivity contribution in [1.82, 2.24) is 9.66 Å². The number of para-hydroxylation sites is 2. The Labute approximate surface area is 272 Å². The zero-order chi connectivity index (χ0) is 30.8. The molecule has 0 radical (unpaired) electrons. The summed E-state index contributed by atoms with van der Waals surface area (Å²) in [7, 11) is 1.45. The third-order valence-electron chi connectivity index (χ3n) is 6.55. The van der Waals surface area contributed by atoms with Crippen molar-refractivity contribution in [2.45, 2.75) is 0 Å². The van der Waals surface area contributed by atoms with Crippen molar-refractivity contribution in [2.75, 3.05) is 19.0 Å². The fourth-order valence-corrected chi connectivity index (χ4v) is 5.51. The molecule has 4 aromatic carbocycles. The number of methoxy groups -OCH3 is 1. The van der Waals surface area contributed by atoms with Crippen molar-refractivity contribution < 1.29 is 18.7 Å². The fourth-order valence-electron chi connectivity index (χ4n) is 4.48. The Morgan fingerprint density at radius 2 is 1.84 bits per heavy atom. The number of ether oxygens (including phenoxy) is 2. The molecule has 9 nitrogen and oxygen atoms in total. The third-order valence-corrected chi connectivity index (χ3v) is 8.48. The van der Waals surface area contributed by atoms with Crippen LogP contribution < -0.4 is 20.3 Å². The van der Waals surface area contributed by atoms with E-state index in [0.29, 0.717) is 38.0 Å². The zero-order valence-corrected chi connectivity index (χ0v) is 26.8. The van der Waals surface area contributed by atoms with E-state index in [9.17, 15) is 9.59 Å². The highest BCUT2D eigenvalue weighted by atomic mass is 79.9. The molecule has 6 rings (SSSR count). The molecule has 0 fully saturated rings. The molecular formula is C32H21Br2ClN4O5. The molecule has 220 valence electrons. The van der Waals surface area contributed by atoms with Crippen LogP contribution in [-0.4, -0.2) is 35.5 Å².